The smallest absolute Gasteiger partial charge is 0.225 e. The number of nitrogens with two attached hydrogens (primary N) is 2. The molecule has 0 spiro atoms. The Labute approximate surface area is 99.2 Å². The van der Waals surface area contributed by atoms with Gasteiger partial charge in [-0.05, 0) is 0 Å². The monoisotopic (exact) mass is 243 g/mol. The fourth-order valence-corrected chi connectivity index (χ4v) is 1.04. The van der Waals surface area contributed by atoms with Crippen LogP contribution in [0.4, 0.5) is 11.8 Å². The van der Waals surface area contributed by atoms with Gasteiger partial charge in [0.2, 0.25) is 11.8 Å². The van der Waals surface area contributed by atoms with Gasteiger partial charge in [-0.1, -0.05) is 0 Å². The van der Waals surface area contributed by atoms with E-state index in [1.54, 1.807) is 13.2 Å². The van der Waals surface area contributed by atoms with Crippen LogP contribution in [0.15, 0.2) is 6.07 Å². The molecule has 0 aromatic carbocycles. The lowest BCUT2D eigenvalue weighted by Gasteiger charge is -2.07. The van der Waals surface area contributed by atoms with Gasteiger partial charge in [0.05, 0.1) is 19.8 Å². The second kappa shape index (κ2) is 7.60. The van der Waals surface area contributed by atoms with Crippen molar-refractivity contribution < 1.29 is 14.2 Å². The third-order valence-electron chi connectivity index (χ3n) is 1.78. The van der Waals surface area contributed by atoms with Gasteiger partial charge in [0.25, 0.3) is 0 Å². The average molecular weight is 243 g/mol. The Hall–Kier alpha value is -1.64. The van der Waals surface area contributed by atoms with E-state index >= 15 is 0 Å². The predicted molar refractivity (Wildman–Crippen MR) is 62.4 cm³/mol. The van der Waals surface area contributed by atoms with Gasteiger partial charge < -0.3 is 25.4 Å². The molecule has 0 saturated heterocycles. The first-order chi connectivity index (χ1) is 8.26. The number of hydrogen-bond donors (Lipinski definition) is 3. The third kappa shape index (κ3) is 5.29. The molecule has 8 heteroatoms. The number of aromatic nitrogens is 2. The number of hydrazine groups is 1. The Morgan fingerprint density at radius 1 is 1.24 bits per heavy atom. The minimum atomic E-state index is 0.0933. The van der Waals surface area contributed by atoms with Gasteiger partial charge in [-0.3, -0.25) is 0 Å². The van der Waals surface area contributed by atoms with Gasteiger partial charge in [-0.2, -0.15) is 9.97 Å². The average Bonchev–Trinajstić information content (AvgIpc) is 2.33. The van der Waals surface area contributed by atoms with E-state index in [0.29, 0.717) is 38.1 Å². The van der Waals surface area contributed by atoms with Crippen molar-refractivity contribution in [3.63, 3.8) is 0 Å². The third-order valence-corrected chi connectivity index (χ3v) is 1.78. The van der Waals surface area contributed by atoms with Crippen LogP contribution in [0.1, 0.15) is 0 Å². The Morgan fingerprint density at radius 3 is 2.71 bits per heavy atom. The Bertz CT molecular complexity index is 336. The summed E-state index contributed by atoms with van der Waals surface area (Å²) >= 11 is 0. The molecule has 0 fully saturated rings. The quantitative estimate of drug-likeness (QED) is 0.314. The molecule has 0 bridgehead atoms. The minimum absolute atomic E-state index is 0.0933. The largest absolute Gasteiger partial charge is 0.475 e. The van der Waals surface area contributed by atoms with Crippen molar-refractivity contribution in [2.24, 2.45) is 5.84 Å². The number of nitrogens with one attached hydrogen (secondary N) is 1. The molecule has 0 amide bonds. The van der Waals surface area contributed by atoms with Gasteiger partial charge in [-0.25, -0.2) is 5.84 Å². The lowest BCUT2D eigenvalue weighted by molar-refractivity contribution is 0.0537. The first-order valence-corrected chi connectivity index (χ1v) is 5.07. The predicted octanol–water partition coefficient (Wildman–Crippen LogP) is -0.614. The molecule has 8 nitrogen and oxygen atoms in total. The summed E-state index contributed by atoms with van der Waals surface area (Å²) in [5.74, 6) is 6.04. The highest BCUT2D eigenvalue weighted by molar-refractivity contribution is 5.41. The van der Waals surface area contributed by atoms with E-state index in [0.717, 1.165) is 0 Å². The number of hydrogen-bond acceptors (Lipinski definition) is 8. The number of anilines is 2. The summed E-state index contributed by atoms with van der Waals surface area (Å²) in [6.07, 6.45) is 0. The Morgan fingerprint density at radius 2 is 2.00 bits per heavy atom. The van der Waals surface area contributed by atoms with Gasteiger partial charge in [0.15, 0.2) is 0 Å². The van der Waals surface area contributed by atoms with Crippen LogP contribution in [0.3, 0.4) is 0 Å². The molecule has 96 valence electrons. The van der Waals surface area contributed by atoms with Crippen molar-refractivity contribution in [2.75, 3.05) is 44.7 Å². The van der Waals surface area contributed by atoms with Crippen molar-refractivity contribution >= 4 is 11.8 Å². The molecule has 0 unspecified atom stereocenters. The molecule has 0 radical (unpaired) electrons. The molecule has 1 heterocycles. The normalized spacial score (nSPS) is 10.2. The second-order valence-corrected chi connectivity index (χ2v) is 3.05. The van der Waals surface area contributed by atoms with Crippen molar-refractivity contribution in [3.05, 3.63) is 6.07 Å². The number of rotatable bonds is 8. The summed E-state index contributed by atoms with van der Waals surface area (Å²) < 4.78 is 15.4. The van der Waals surface area contributed by atoms with E-state index in [1.165, 1.54) is 0 Å². The molecule has 0 saturated carbocycles. The van der Waals surface area contributed by atoms with Crippen LogP contribution in [-0.4, -0.2) is 43.5 Å². The molecule has 0 atom stereocenters. The second-order valence-electron chi connectivity index (χ2n) is 3.05. The highest BCUT2D eigenvalue weighted by Gasteiger charge is 2.02. The Kier molecular flexibility index (Phi) is 6.00. The van der Waals surface area contributed by atoms with Crippen LogP contribution in [0.5, 0.6) is 5.88 Å². The highest BCUT2D eigenvalue weighted by Crippen LogP contribution is 2.13. The zero-order valence-electron chi connectivity index (χ0n) is 9.68. The van der Waals surface area contributed by atoms with Crippen molar-refractivity contribution in [2.45, 2.75) is 0 Å². The molecule has 5 N–H and O–H groups in total. The van der Waals surface area contributed by atoms with Crippen LogP contribution < -0.4 is 21.7 Å². The van der Waals surface area contributed by atoms with Crippen molar-refractivity contribution in [3.8, 4) is 5.88 Å². The van der Waals surface area contributed by atoms with Crippen LogP contribution in [0, 0.1) is 0 Å². The highest BCUT2D eigenvalue weighted by atomic mass is 16.5. The summed E-state index contributed by atoms with van der Waals surface area (Å²) in [4.78, 5) is 7.71. The van der Waals surface area contributed by atoms with E-state index in [9.17, 15) is 0 Å². The van der Waals surface area contributed by atoms with E-state index in [-0.39, 0.29) is 5.95 Å². The number of methoxy groups -OCH3 is 1. The molecule has 0 aliphatic heterocycles. The molecule has 0 aliphatic rings. The lowest BCUT2D eigenvalue weighted by Crippen LogP contribution is -2.13. The fraction of sp³-hybridized carbons (Fsp3) is 0.556. The van der Waals surface area contributed by atoms with E-state index < -0.39 is 0 Å². The summed E-state index contributed by atoms with van der Waals surface area (Å²) in [5, 5.41) is 0. The van der Waals surface area contributed by atoms with Crippen molar-refractivity contribution in [1.82, 2.24) is 9.97 Å². The topological polar surface area (TPSA) is 118 Å². The lowest BCUT2D eigenvalue weighted by atomic mass is 10.5. The standard InChI is InChI=1S/C9H17N5O3/c1-15-2-3-16-4-5-17-8-6-7(14-11)12-9(10)13-8/h6H,2-5,11H2,1H3,(H3,10,12,13,14). The molecule has 1 aromatic heterocycles. The molecule has 17 heavy (non-hydrogen) atoms. The van der Waals surface area contributed by atoms with Gasteiger partial charge in [0.1, 0.15) is 12.4 Å². The first-order valence-electron chi connectivity index (χ1n) is 5.07. The van der Waals surface area contributed by atoms with E-state index in [2.05, 4.69) is 15.4 Å². The van der Waals surface area contributed by atoms with Gasteiger partial charge in [-0.15, -0.1) is 0 Å². The molecular weight excluding hydrogens is 226 g/mol. The van der Waals surface area contributed by atoms with Gasteiger partial charge >= 0.3 is 0 Å². The molecule has 0 aliphatic carbocycles. The van der Waals surface area contributed by atoms with E-state index in [4.69, 9.17) is 25.8 Å². The number of nitrogens with zero attached hydrogens (tertiary/aromatic N) is 2. The molecule has 1 aromatic rings. The van der Waals surface area contributed by atoms with Crippen molar-refractivity contribution in [1.29, 1.82) is 0 Å². The maximum absolute atomic E-state index is 5.46. The molecule has 1 rings (SSSR count). The van der Waals surface area contributed by atoms with Crippen LogP contribution >= 0.6 is 0 Å². The zero-order valence-corrected chi connectivity index (χ0v) is 9.68. The summed E-state index contributed by atoms with van der Waals surface area (Å²) in [7, 11) is 1.62. The molecular formula is C9H17N5O3. The van der Waals surface area contributed by atoms with Crippen LogP contribution in [-0.2, 0) is 9.47 Å². The zero-order chi connectivity index (χ0) is 12.5. The fourth-order valence-electron chi connectivity index (χ4n) is 1.04. The Balaban J connectivity index is 2.28. The number of ether oxygens (including phenoxy) is 3. The maximum atomic E-state index is 5.46. The van der Waals surface area contributed by atoms with Gasteiger partial charge in [0, 0.05) is 13.2 Å². The minimum Gasteiger partial charge on any atom is -0.475 e. The maximum Gasteiger partial charge on any atom is 0.225 e. The summed E-state index contributed by atoms with van der Waals surface area (Å²) in [5.41, 5.74) is 7.83. The number of nitrogen functional groups attached to an aromatic ring is 2. The van der Waals surface area contributed by atoms with E-state index in [1.807, 2.05) is 0 Å². The summed E-state index contributed by atoms with van der Waals surface area (Å²) in [6.45, 7) is 1.89. The first kappa shape index (κ1) is 13.4. The SMILES string of the molecule is COCCOCCOc1cc(NN)nc(N)n1. The van der Waals surface area contributed by atoms with Crippen LogP contribution in [0.25, 0.3) is 0 Å². The summed E-state index contributed by atoms with van der Waals surface area (Å²) in [6, 6.07) is 1.55. The van der Waals surface area contributed by atoms with Crippen LogP contribution in [0.2, 0.25) is 0 Å².